The highest BCUT2D eigenvalue weighted by Crippen LogP contribution is 2.26. The third kappa shape index (κ3) is 2.34. The maximum atomic E-state index is 12.4. The summed E-state index contributed by atoms with van der Waals surface area (Å²) in [7, 11) is 0. The third-order valence-corrected chi connectivity index (χ3v) is 3.75. The van der Waals surface area contributed by atoms with Crippen LogP contribution in [0.3, 0.4) is 0 Å². The number of phenolic OH excluding ortho intramolecular Hbond substituents is 1. The Balaban J connectivity index is 2.25. The van der Waals surface area contributed by atoms with Gasteiger partial charge in [-0.1, -0.05) is 19.1 Å². The lowest BCUT2D eigenvalue weighted by atomic mass is 9.90. The first-order chi connectivity index (χ1) is 8.65. The van der Waals surface area contributed by atoms with Crippen LogP contribution in [-0.2, 0) is 0 Å². The molecule has 4 nitrogen and oxygen atoms in total. The van der Waals surface area contributed by atoms with E-state index in [-0.39, 0.29) is 17.7 Å². The van der Waals surface area contributed by atoms with Crippen molar-refractivity contribution in [2.75, 3.05) is 13.1 Å². The molecule has 4 heteroatoms. The second-order valence-electron chi connectivity index (χ2n) is 4.94. The minimum Gasteiger partial charge on any atom is -0.507 e. The molecule has 1 aromatic carbocycles. The van der Waals surface area contributed by atoms with Gasteiger partial charge in [0.1, 0.15) is 5.75 Å². The Bertz CT molecular complexity index is 434. The summed E-state index contributed by atoms with van der Waals surface area (Å²) in [6.07, 6.45) is 2.10. The molecule has 1 aliphatic heterocycles. The molecule has 1 amide bonds. The topological polar surface area (TPSA) is 66.6 Å². The number of aromatic hydroxyl groups is 1. The molecule has 3 N–H and O–H groups in total. The van der Waals surface area contributed by atoms with Crippen molar-refractivity contribution in [3.8, 4) is 5.75 Å². The summed E-state index contributed by atoms with van der Waals surface area (Å²) in [4.78, 5) is 14.3. The lowest BCUT2D eigenvalue weighted by Crippen LogP contribution is -2.51. The summed E-state index contributed by atoms with van der Waals surface area (Å²) < 4.78 is 0. The number of phenols is 1. The van der Waals surface area contributed by atoms with Gasteiger partial charge >= 0.3 is 0 Å². The lowest BCUT2D eigenvalue weighted by molar-refractivity contribution is 0.0529. The van der Waals surface area contributed by atoms with Crippen LogP contribution in [0.15, 0.2) is 24.3 Å². The predicted molar refractivity (Wildman–Crippen MR) is 70.4 cm³/mol. The van der Waals surface area contributed by atoms with Crippen LogP contribution >= 0.6 is 0 Å². The molecular formula is C14H20N2O2. The number of amides is 1. The van der Waals surface area contributed by atoms with E-state index in [0.29, 0.717) is 18.0 Å². The van der Waals surface area contributed by atoms with E-state index in [1.807, 2.05) is 4.90 Å². The molecule has 98 valence electrons. The van der Waals surface area contributed by atoms with Crippen molar-refractivity contribution in [3.63, 3.8) is 0 Å². The van der Waals surface area contributed by atoms with Gasteiger partial charge in [-0.3, -0.25) is 4.79 Å². The Morgan fingerprint density at radius 1 is 1.50 bits per heavy atom. The number of carbonyl (C=O) groups is 1. The van der Waals surface area contributed by atoms with Crippen LogP contribution in [0.2, 0.25) is 0 Å². The fourth-order valence-corrected chi connectivity index (χ4v) is 2.67. The van der Waals surface area contributed by atoms with Crippen LogP contribution < -0.4 is 5.73 Å². The number of hydrogen-bond donors (Lipinski definition) is 2. The Morgan fingerprint density at radius 3 is 2.89 bits per heavy atom. The molecule has 0 aliphatic carbocycles. The number of carbonyl (C=O) groups excluding carboxylic acids is 1. The van der Waals surface area contributed by atoms with Crippen LogP contribution in [0.5, 0.6) is 5.75 Å². The zero-order valence-electron chi connectivity index (χ0n) is 10.7. The van der Waals surface area contributed by atoms with Crippen molar-refractivity contribution in [1.29, 1.82) is 0 Å². The van der Waals surface area contributed by atoms with Gasteiger partial charge in [-0.25, -0.2) is 0 Å². The molecule has 2 atom stereocenters. The fraction of sp³-hybridized carbons (Fsp3) is 0.500. The molecule has 1 fully saturated rings. The summed E-state index contributed by atoms with van der Waals surface area (Å²) in [6.45, 7) is 3.32. The number of likely N-dealkylation sites (tertiary alicyclic amines) is 1. The Kier molecular flexibility index (Phi) is 3.87. The van der Waals surface area contributed by atoms with E-state index in [9.17, 15) is 9.90 Å². The normalized spacial score (nSPS) is 24.0. The first-order valence-electron chi connectivity index (χ1n) is 6.44. The SMILES string of the molecule is CC1CCCN(C(=O)c2ccccc2O)C1CN. The van der Waals surface area contributed by atoms with Gasteiger partial charge in [0, 0.05) is 19.1 Å². The molecule has 1 aliphatic rings. The highest BCUT2D eigenvalue weighted by Gasteiger charge is 2.32. The number of piperidine rings is 1. The van der Waals surface area contributed by atoms with Crippen molar-refractivity contribution in [3.05, 3.63) is 29.8 Å². The van der Waals surface area contributed by atoms with E-state index in [4.69, 9.17) is 5.73 Å². The number of benzene rings is 1. The highest BCUT2D eigenvalue weighted by atomic mass is 16.3. The van der Waals surface area contributed by atoms with Gasteiger partial charge in [0.15, 0.2) is 0 Å². The Morgan fingerprint density at radius 2 is 2.22 bits per heavy atom. The number of nitrogens with zero attached hydrogens (tertiary/aromatic N) is 1. The molecule has 0 radical (unpaired) electrons. The van der Waals surface area contributed by atoms with Gasteiger partial charge in [0.05, 0.1) is 5.56 Å². The van der Waals surface area contributed by atoms with Crippen LogP contribution in [0.4, 0.5) is 0 Å². The third-order valence-electron chi connectivity index (χ3n) is 3.75. The van der Waals surface area contributed by atoms with Crippen LogP contribution in [0, 0.1) is 5.92 Å². The average Bonchev–Trinajstić information content (AvgIpc) is 2.38. The standard InChI is InChI=1S/C14H20N2O2/c1-10-5-4-8-16(12(10)9-15)14(18)11-6-2-3-7-13(11)17/h2-3,6-7,10,12,17H,4-5,8-9,15H2,1H3. The van der Waals surface area contributed by atoms with E-state index >= 15 is 0 Å². The van der Waals surface area contributed by atoms with E-state index in [1.54, 1.807) is 18.2 Å². The molecule has 18 heavy (non-hydrogen) atoms. The quantitative estimate of drug-likeness (QED) is 0.835. The largest absolute Gasteiger partial charge is 0.507 e. The molecule has 2 unspecified atom stereocenters. The number of rotatable bonds is 2. The molecule has 2 rings (SSSR count). The summed E-state index contributed by atoms with van der Waals surface area (Å²) >= 11 is 0. The van der Waals surface area contributed by atoms with Crippen molar-refractivity contribution in [2.24, 2.45) is 11.7 Å². The summed E-state index contributed by atoms with van der Waals surface area (Å²) in [5, 5.41) is 9.76. The Hall–Kier alpha value is -1.55. The summed E-state index contributed by atoms with van der Waals surface area (Å²) in [6, 6.07) is 6.75. The number of nitrogens with two attached hydrogens (primary N) is 1. The van der Waals surface area contributed by atoms with Crippen molar-refractivity contribution < 1.29 is 9.90 Å². The van der Waals surface area contributed by atoms with E-state index in [1.165, 1.54) is 6.07 Å². The van der Waals surface area contributed by atoms with E-state index < -0.39 is 0 Å². The minimum absolute atomic E-state index is 0.0384. The second-order valence-corrected chi connectivity index (χ2v) is 4.94. The van der Waals surface area contributed by atoms with E-state index in [2.05, 4.69) is 6.92 Å². The van der Waals surface area contributed by atoms with Gasteiger partial charge in [-0.05, 0) is 30.9 Å². The molecule has 0 spiro atoms. The smallest absolute Gasteiger partial charge is 0.257 e. The minimum atomic E-state index is -0.116. The first kappa shape index (κ1) is 12.9. The predicted octanol–water partition coefficient (Wildman–Crippen LogP) is 1.59. The average molecular weight is 248 g/mol. The molecule has 0 saturated carbocycles. The maximum Gasteiger partial charge on any atom is 0.257 e. The first-order valence-corrected chi connectivity index (χ1v) is 6.44. The Labute approximate surface area is 107 Å². The van der Waals surface area contributed by atoms with Crippen LogP contribution in [-0.4, -0.2) is 35.0 Å². The molecular weight excluding hydrogens is 228 g/mol. The van der Waals surface area contributed by atoms with Crippen molar-refractivity contribution in [2.45, 2.75) is 25.8 Å². The van der Waals surface area contributed by atoms with Crippen molar-refractivity contribution >= 4 is 5.91 Å². The molecule has 0 aromatic heterocycles. The fourth-order valence-electron chi connectivity index (χ4n) is 2.67. The van der Waals surface area contributed by atoms with E-state index in [0.717, 1.165) is 19.4 Å². The molecule has 1 heterocycles. The van der Waals surface area contributed by atoms with Gasteiger partial charge < -0.3 is 15.7 Å². The van der Waals surface area contributed by atoms with Crippen LogP contribution in [0.25, 0.3) is 0 Å². The van der Waals surface area contributed by atoms with Gasteiger partial charge in [-0.15, -0.1) is 0 Å². The second kappa shape index (κ2) is 5.40. The van der Waals surface area contributed by atoms with Gasteiger partial charge in [0.25, 0.3) is 5.91 Å². The van der Waals surface area contributed by atoms with Gasteiger partial charge in [-0.2, -0.15) is 0 Å². The highest BCUT2D eigenvalue weighted by molar-refractivity contribution is 5.97. The monoisotopic (exact) mass is 248 g/mol. The van der Waals surface area contributed by atoms with Crippen LogP contribution in [0.1, 0.15) is 30.1 Å². The number of hydrogen-bond acceptors (Lipinski definition) is 3. The van der Waals surface area contributed by atoms with Gasteiger partial charge in [0.2, 0.25) is 0 Å². The lowest BCUT2D eigenvalue weighted by Gasteiger charge is -2.39. The molecule has 0 bridgehead atoms. The molecule has 1 aromatic rings. The summed E-state index contributed by atoms with van der Waals surface area (Å²) in [5.41, 5.74) is 6.15. The maximum absolute atomic E-state index is 12.4. The number of para-hydroxylation sites is 1. The molecule has 1 saturated heterocycles. The summed E-state index contributed by atoms with van der Waals surface area (Å²) in [5.74, 6) is 0.338. The zero-order chi connectivity index (χ0) is 13.1. The zero-order valence-corrected chi connectivity index (χ0v) is 10.7. The van der Waals surface area contributed by atoms with Crippen molar-refractivity contribution in [1.82, 2.24) is 4.90 Å².